The third-order valence-electron chi connectivity index (χ3n) is 7.09. The Bertz CT molecular complexity index is 1540. The fraction of sp³-hybridized carbons (Fsp3) is 0.419. The molecule has 0 saturated heterocycles. The summed E-state index contributed by atoms with van der Waals surface area (Å²) in [5, 5.41) is 0. The quantitative estimate of drug-likeness (QED) is 0.0577. The minimum atomic E-state index is -4.29. The highest BCUT2D eigenvalue weighted by atomic mass is 32.2. The Balaban J connectivity index is 2.20. The molecule has 0 bridgehead atoms. The van der Waals surface area contributed by atoms with Crippen LogP contribution >= 0.6 is 0 Å². The molecule has 0 saturated carbocycles. The molecule has 11 heteroatoms. The van der Waals surface area contributed by atoms with Gasteiger partial charge in [0.25, 0.3) is 20.2 Å². The van der Waals surface area contributed by atoms with E-state index >= 15 is 0 Å². The molecule has 0 aliphatic heterocycles. The Labute approximate surface area is 250 Å². The van der Waals surface area contributed by atoms with Crippen molar-refractivity contribution in [3.8, 4) is 0 Å². The molecule has 0 aliphatic rings. The number of rotatable bonds is 16. The summed E-state index contributed by atoms with van der Waals surface area (Å²) in [6, 6.07) is 9.25. The Morgan fingerprint density at radius 3 is 2.10 bits per heavy atom. The maximum atomic E-state index is 11.6. The van der Waals surface area contributed by atoms with Crippen molar-refractivity contribution in [2.75, 3.05) is 18.0 Å². The lowest BCUT2D eigenvalue weighted by molar-refractivity contribution is -0.436. The van der Waals surface area contributed by atoms with Crippen molar-refractivity contribution < 1.29 is 35.3 Å². The Kier molecular flexibility index (Phi) is 13.3. The molecule has 230 valence electrons. The van der Waals surface area contributed by atoms with Crippen LogP contribution in [0.4, 0.5) is 11.4 Å². The van der Waals surface area contributed by atoms with Crippen molar-refractivity contribution in [2.24, 2.45) is 0 Å². The maximum absolute atomic E-state index is 11.6. The minimum absolute atomic E-state index is 0.0946. The Morgan fingerprint density at radius 2 is 1.55 bits per heavy atom. The number of nitrogens with zero attached hydrogens (tertiary/aromatic N) is 2. The van der Waals surface area contributed by atoms with Gasteiger partial charge in [0.05, 0.1) is 9.79 Å². The first-order valence-electron chi connectivity index (χ1n) is 14.0. The van der Waals surface area contributed by atoms with Crippen LogP contribution in [0.5, 0.6) is 0 Å². The summed E-state index contributed by atoms with van der Waals surface area (Å²) < 4.78 is 66.9. The largest absolute Gasteiger partial charge is 0.368 e. The van der Waals surface area contributed by atoms with Gasteiger partial charge in [-0.05, 0) is 82.9 Å². The molecule has 0 aliphatic carbocycles. The first-order valence-corrected chi connectivity index (χ1v) is 16.9. The normalized spacial score (nSPS) is 13.9. The maximum Gasteiger partial charge on any atom is 0.294 e. The summed E-state index contributed by atoms with van der Waals surface area (Å²) in [4.78, 5) is 12.6. The van der Waals surface area contributed by atoms with E-state index in [1.54, 1.807) is 19.1 Å². The van der Waals surface area contributed by atoms with Crippen molar-refractivity contribution in [3.63, 3.8) is 0 Å². The van der Waals surface area contributed by atoms with Crippen molar-refractivity contribution in [1.82, 2.24) is 0 Å². The first kappa shape index (κ1) is 35.1. The van der Waals surface area contributed by atoms with Crippen LogP contribution < -0.4 is 4.90 Å². The van der Waals surface area contributed by atoms with Gasteiger partial charge in [0.15, 0.2) is 5.71 Å². The van der Waals surface area contributed by atoms with E-state index in [9.17, 15) is 30.7 Å². The second-order valence-electron chi connectivity index (χ2n) is 10.3. The number of allylic oxidation sites excluding steroid dienone is 3. The van der Waals surface area contributed by atoms with Crippen LogP contribution in [0, 0.1) is 13.8 Å². The molecular weight excluding hydrogens is 576 g/mol. The van der Waals surface area contributed by atoms with E-state index in [0.717, 1.165) is 66.7 Å². The van der Waals surface area contributed by atoms with E-state index in [-0.39, 0.29) is 15.8 Å². The van der Waals surface area contributed by atoms with Crippen LogP contribution in [0.3, 0.4) is 0 Å². The molecular formula is C31H43N2O7S2+. The highest BCUT2D eigenvalue weighted by Gasteiger charge is 2.19. The number of benzene rings is 2. The number of anilines is 1. The summed E-state index contributed by atoms with van der Waals surface area (Å²) in [5.74, 6) is 0. The van der Waals surface area contributed by atoms with Crippen molar-refractivity contribution in [2.45, 2.75) is 82.6 Å². The standard InChI is InChI=1S/C31H42N2O7S2/c1-6-32(30-18-16-28(22-24(30)2)41(35,36)37)26(4)14-10-9-11-15-27(5)33(20-12-7-8-13-21-34)31-19-17-29(23-25(31)3)42(38,39)40/h9-11,14,16-19,21-23,27H,6-8,12-13,15,20H2,1-5H3,(H-,35,36,37,38,39,40)/p+1/b11-9+,14-10+,32-26?. The number of hydrogen-bond donors (Lipinski definition) is 2. The molecule has 1 atom stereocenters. The second-order valence-corrected chi connectivity index (χ2v) is 13.2. The lowest BCUT2D eigenvalue weighted by atomic mass is 10.1. The number of carbonyl (C=O) groups is 1. The van der Waals surface area contributed by atoms with E-state index in [1.807, 2.05) is 39.0 Å². The van der Waals surface area contributed by atoms with Crippen LogP contribution in [0.1, 0.15) is 64.0 Å². The molecule has 0 aromatic heterocycles. The molecule has 0 spiro atoms. The Morgan fingerprint density at radius 1 is 0.929 bits per heavy atom. The molecule has 9 nitrogen and oxygen atoms in total. The highest BCUT2D eigenvalue weighted by molar-refractivity contribution is 7.86. The van der Waals surface area contributed by atoms with Crippen molar-refractivity contribution in [3.05, 3.63) is 71.8 Å². The zero-order valence-electron chi connectivity index (χ0n) is 25.0. The predicted octanol–water partition coefficient (Wildman–Crippen LogP) is 6.08. The lowest BCUT2D eigenvalue weighted by Crippen LogP contribution is -2.34. The van der Waals surface area contributed by atoms with Gasteiger partial charge in [-0.3, -0.25) is 9.11 Å². The van der Waals surface area contributed by atoms with Gasteiger partial charge in [0.1, 0.15) is 12.8 Å². The first-order chi connectivity index (χ1) is 19.7. The van der Waals surface area contributed by atoms with Gasteiger partial charge in [0, 0.05) is 49.3 Å². The van der Waals surface area contributed by atoms with Gasteiger partial charge in [-0.25, -0.2) is 0 Å². The molecule has 2 aromatic rings. The van der Waals surface area contributed by atoms with Crippen molar-refractivity contribution in [1.29, 1.82) is 0 Å². The summed E-state index contributed by atoms with van der Waals surface area (Å²) >= 11 is 0. The van der Waals surface area contributed by atoms with Gasteiger partial charge in [-0.2, -0.15) is 21.4 Å². The molecule has 0 radical (unpaired) electrons. The van der Waals surface area contributed by atoms with Crippen LogP contribution in [0.2, 0.25) is 0 Å². The van der Waals surface area contributed by atoms with Gasteiger partial charge >= 0.3 is 0 Å². The molecule has 2 N–H and O–H groups in total. The molecule has 0 heterocycles. The number of aryl methyl sites for hydroxylation is 2. The SMILES string of the molecule is CC[N+](=C(C)/C=C/C=C/CC(C)N(CCCCCC=O)c1ccc(S(=O)(=O)O)cc1C)c1ccc(S(=O)(=O)O)cc1C. The fourth-order valence-electron chi connectivity index (χ4n) is 4.84. The van der Waals surface area contributed by atoms with Crippen LogP contribution in [-0.4, -0.2) is 61.6 Å². The van der Waals surface area contributed by atoms with E-state index < -0.39 is 20.2 Å². The topological polar surface area (TPSA) is 132 Å². The number of carbonyl (C=O) groups excluding carboxylic acids is 1. The van der Waals surface area contributed by atoms with Gasteiger partial charge in [0.2, 0.25) is 5.69 Å². The zero-order valence-corrected chi connectivity index (χ0v) is 26.7. The zero-order chi connectivity index (χ0) is 31.5. The van der Waals surface area contributed by atoms with Crippen LogP contribution in [0.15, 0.2) is 70.5 Å². The third kappa shape index (κ3) is 10.3. The van der Waals surface area contributed by atoms with Gasteiger partial charge < -0.3 is 9.69 Å². The molecule has 0 amide bonds. The lowest BCUT2D eigenvalue weighted by Gasteiger charge is -2.32. The van der Waals surface area contributed by atoms with E-state index in [2.05, 4.69) is 22.5 Å². The molecule has 2 aromatic carbocycles. The number of aldehydes is 1. The summed E-state index contributed by atoms with van der Waals surface area (Å²) in [6.07, 6.45) is 12.8. The smallest absolute Gasteiger partial charge is 0.294 e. The second kappa shape index (κ2) is 15.9. The van der Waals surface area contributed by atoms with Crippen LogP contribution in [0.25, 0.3) is 0 Å². The average molecular weight is 620 g/mol. The third-order valence-corrected chi connectivity index (χ3v) is 8.79. The van der Waals surface area contributed by atoms with Crippen molar-refractivity contribution >= 4 is 43.6 Å². The molecule has 0 fully saturated rings. The summed E-state index contributed by atoms with van der Waals surface area (Å²) in [5.41, 5.74) is 4.19. The number of unbranched alkanes of at least 4 members (excludes halogenated alkanes) is 3. The summed E-state index contributed by atoms with van der Waals surface area (Å²) in [7, 11) is -8.55. The van der Waals surface area contributed by atoms with E-state index in [4.69, 9.17) is 0 Å². The number of hydrogen-bond acceptors (Lipinski definition) is 6. The summed E-state index contributed by atoms with van der Waals surface area (Å²) in [6.45, 7) is 11.1. The molecule has 42 heavy (non-hydrogen) atoms. The molecule has 1 unspecified atom stereocenters. The fourth-order valence-corrected chi connectivity index (χ4v) is 5.97. The van der Waals surface area contributed by atoms with E-state index in [1.165, 1.54) is 24.3 Å². The average Bonchev–Trinajstić information content (AvgIpc) is 2.91. The van der Waals surface area contributed by atoms with Gasteiger partial charge in [-0.15, -0.1) is 0 Å². The monoisotopic (exact) mass is 619 g/mol. The predicted molar refractivity (Wildman–Crippen MR) is 167 cm³/mol. The molecule has 2 rings (SSSR count). The minimum Gasteiger partial charge on any atom is -0.368 e. The van der Waals surface area contributed by atoms with Crippen LogP contribution in [-0.2, 0) is 25.0 Å². The highest BCUT2D eigenvalue weighted by Crippen LogP contribution is 2.27. The van der Waals surface area contributed by atoms with E-state index in [0.29, 0.717) is 13.0 Å². The van der Waals surface area contributed by atoms with Gasteiger partial charge in [-0.1, -0.05) is 24.6 Å². The Hall–Kier alpha value is -3.12.